The fraction of sp³-hybridized carbons (Fsp3) is 0.667. The number of carboxylic acid groups (broad SMARTS) is 1. The molecule has 1 atom stereocenters. The van der Waals surface area contributed by atoms with Gasteiger partial charge in [-0.2, -0.15) is 0 Å². The van der Waals surface area contributed by atoms with Crippen molar-refractivity contribution in [1.29, 1.82) is 0 Å². The summed E-state index contributed by atoms with van der Waals surface area (Å²) in [6.07, 6.45) is 7.75. The lowest BCUT2D eigenvalue weighted by atomic mass is 9.83. The average molecular weight is 225 g/mol. The first kappa shape index (κ1) is 12.7. The highest BCUT2D eigenvalue weighted by molar-refractivity contribution is 5.83. The SMILES string of the molecule is C/C=C/CC(NC(=O)CC1CCC1)C(=O)O. The smallest absolute Gasteiger partial charge is 0.326 e. The molecule has 1 fully saturated rings. The van der Waals surface area contributed by atoms with Crippen molar-refractivity contribution in [3.05, 3.63) is 12.2 Å². The van der Waals surface area contributed by atoms with Gasteiger partial charge in [0.1, 0.15) is 6.04 Å². The number of carboxylic acids is 1. The van der Waals surface area contributed by atoms with Crippen LogP contribution in [0.4, 0.5) is 0 Å². The van der Waals surface area contributed by atoms with E-state index in [1.165, 1.54) is 6.42 Å². The molecule has 0 saturated heterocycles. The van der Waals surface area contributed by atoms with Crippen molar-refractivity contribution < 1.29 is 14.7 Å². The zero-order valence-corrected chi connectivity index (χ0v) is 9.61. The molecule has 0 aliphatic heterocycles. The Morgan fingerprint density at radius 1 is 1.50 bits per heavy atom. The largest absolute Gasteiger partial charge is 0.480 e. The fourth-order valence-electron chi connectivity index (χ4n) is 1.71. The molecule has 0 aromatic heterocycles. The number of carbonyl (C=O) groups is 2. The van der Waals surface area contributed by atoms with Crippen LogP contribution in [-0.2, 0) is 9.59 Å². The molecule has 0 aromatic carbocycles. The first-order chi connectivity index (χ1) is 7.63. The van der Waals surface area contributed by atoms with Crippen LogP contribution in [0.2, 0.25) is 0 Å². The molecule has 2 N–H and O–H groups in total. The minimum absolute atomic E-state index is 0.137. The molecule has 16 heavy (non-hydrogen) atoms. The molecule has 0 radical (unpaired) electrons. The van der Waals surface area contributed by atoms with Crippen LogP contribution in [0, 0.1) is 5.92 Å². The Kier molecular flexibility index (Phi) is 5.02. The van der Waals surface area contributed by atoms with E-state index in [0.717, 1.165) is 12.8 Å². The number of hydrogen-bond acceptors (Lipinski definition) is 2. The van der Waals surface area contributed by atoms with Gasteiger partial charge in [-0.15, -0.1) is 0 Å². The molecule has 0 spiro atoms. The van der Waals surface area contributed by atoms with Gasteiger partial charge in [-0.3, -0.25) is 4.79 Å². The van der Waals surface area contributed by atoms with Gasteiger partial charge in [-0.25, -0.2) is 4.79 Å². The van der Waals surface area contributed by atoms with E-state index in [-0.39, 0.29) is 5.91 Å². The van der Waals surface area contributed by atoms with Gasteiger partial charge in [-0.05, 0) is 32.1 Å². The van der Waals surface area contributed by atoms with Crippen molar-refractivity contribution >= 4 is 11.9 Å². The third-order valence-electron chi connectivity index (χ3n) is 2.94. The summed E-state index contributed by atoms with van der Waals surface area (Å²) in [5.74, 6) is -0.641. The van der Waals surface area contributed by atoms with Crippen molar-refractivity contribution in [3.8, 4) is 0 Å². The second-order valence-electron chi connectivity index (χ2n) is 4.26. The van der Waals surface area contributed by atoms with Crippen LogP contribution in [-0.4, -0.2) is 23.0 Å². The van der Waals surface area contributed by atoms with Gasteiger partial charge in [0, 0.05) is 6.42 Å². The van der Waals surface area contributed by atoms with Crippen LogP contribution in [0.5, 0.6) is 0 Å². The van der Waals surface area contributed by atoms with Crippen molar-refractivity contribution in [1.82, 2.24) is 5.32 Å². The van der Waals surface area contributed by atoms with Crippen LogP contribution in [0.15, 0.2) is 12.2 Å². The van der Waals surface area contributed by atoms with Crippen LogP contribution in [0.25, 0.3) is 0 Å². The molecular formula is C12H19NO3. The summed E-state index contributed by atoms with van der Waals surface area (Å²) in [6.45, 7) is 1.83. The maximum atomic E-state index is 11.5. The number of amides is 1. The zero-order chi connectivity index (χ0) is 12.0. The van der Waals surface area contributed by atoms with Crippen LogP contribution < -0.4 is 5.32 Å². The summed E-state index contributed by atoms with van der Waals surface area (Å²) in [4.78, 5) is 22.4. The molecule has 4 heteroatoms. The molecule has 90 valence electrons. The molecule has 1 aliphatic rings. The lowest BCUT2D eigenvalue weighted by Crippen LogP contribution is -2.41. The molecule has 0 heterocycles. The van der Waals surface area contributed by atoms with Crippen LogP contribution >= 0.6 is 0 Å². The summed E-state index contributed by atoms with van der Waals surface area (Å²) in [6, 6.07) is -0.788. The van der Waals surface area contributed by atoms with Crippen molar-refractivity contribution in [3.63, 3.8) is 0 Å². The van der Waals surface area contributed by atoms with Gasteiger partial charge >= 0.3 is 5.97 Å². The molecular weight excluding hydrogens is 206 g/mol. The first-order valence-corrected chi connectivity index (χ1v) is 5.76. The van der Waals surface area contributed by atoms with Crippen LogP contribution in [0.3, 0.4) is 0 Å². The van der Waals surface area contributed by atoms with E-state index in [9.17, 15) is 9.59 Å². The monoisotopic (exact) mass is 225 g/mol. The second-order valence-corrected chi connectivity index (χ2v) is 4.26. The predicted octanol–water partition coefficient (Wildman–Crippen LogP) is 1.71. The molecule has 0 aromatic rings. The molecule has 4 nitrogen and oxygen atoms in total. The third-order valence-corrected chi connectivity index (χ3v) is 2.94. The number of nitrogens with one attached hydrogen (secondary N) is 1. The lowest BCUT2D eigenvalue weighted by Gasteiger charge is -2.25. The van der Waals surface area contributed by atoms with Gasteiger partial charge in [0.25, 0.3) is 0 Å². The lowest BCUT2D eigenvalue weighted by molar-refractivity contribution is -0.141. The average Bonchev–Trinajstić information content (AvgIpc) is 2.18. The van der Waals surface area contributed by atoms with E-state index in [0.29, 0.717) is 18.8 Å². The van der Waals surface area contributed by atoms with Crippen molar-refractivity contribution in [2.45, 2.75) is 45.1 Å². The van der Waals surface area contributed by atoms with E-state index < -0.39 is 12.0 Å². The quantitative estimate of drug-likeness (QED) is 0.676. The van der Waals surface area contributed by atoms with Crippen molar-refractivity contribution in [2.75, 3.05) is 0 Å². The Morgan fingerprint density at radius 3 is 2.62 bits per heavy atom. The summed E-state index contributed by atoms with van der Waals surface area (Å²) in [5, 5.41) is 11.5. The van der Waals surface area contributed by atoms with E-state index in [4.69, 9.17) is 5.11 Å². The minimum Gasteiger partial charge on any atom is -0.480 e. The normalized spacial score (nSPS) is 18.1. The summed E-state index contributed by atoms with van der Waals surface area (Å²) >= 11 is 0. The topological polar surface area (TPSA) is 66.4 Å². The van der Waals surface area contributed by atoms with E-state index in [1.807, 2.05) is 6.92 Å². The third kappa shape index (κ3) is 4.04. The van der Waals surface area contributed by atoms with E-state index in [2.05, 4.69) is 5.32 Å². The number of carbonyl (C=O) groups excluding carboxylic acids is 1. The minimum atomic E-state index is -0.972. The van der Waals surface area contributed by atoms with Gasteiger partial charge in [-0.1, -0.05) is 18.6 Å². The Labute approximate surface area is 95.7 Å². The molecule has 1 amide bonds. The summed E-state index contributed by atoms with van der Waals surface area (Å²) < 4.78 is 0. The van der Waals surface area contributed by atoms with Gasteiger partial charge < -0.3 is 10.4 Å². The fourth-order valence-corrected chi connectivity index (χ4v) is 1.71. The number of allylic oxidation sites excluding steroid dienone is 1. The van der Waals surface area contributed by atoms with E-state index >= 15 is 0 Å². The highest BCUT2D eigenvalue weighted by atomic mass is 16.4. The predicted molar refractivity (Wildman–Crippen MR) is 61.0 cm³/mol. The van der Waals surface area contributed by atoms with Crippen molar-refractivity contribution in [2.24, 2.45) is 5.92 Å². The summed E-state index contributed by atoms with van der Waals surface area (Å²) in [5.41, 5.74) is 0. The molecule has 1 rings (SSSR count). The highest BCUT2D eigenvalue weighted by Crippen LogP contribution is 2.29. The Bertz CT molecular complexity index is 282. The van der Waals surface area contributed by atoms with Gasteiger partial charge in [0.2, 0.25) is 5.91 Å². The molecule has 1 unspecified atom stereocenters. The summed E-state index contributed by atoms with van der Waals surface area (Å²) in [7, 11) is 0. The van der Waals surface area contributed by atoms with Gasteiger partial charge in [0.15, 0.2) is 0 Å². The molecule has 1 saturated carbocycles. The Morgan fingerprint density at radius 2 is 2.19 bits per heavy atom. The molecule has 1 aliphatic carbocycles. The molecule has 0 bridgehead atoms. The Hall–Kier alpha value is -1.32. The maximum Gasteiger partial charge on any atom is 0.326 e. The standard InChI is InChI=1S/C12H19NO3/c1-2-3-7-10(12(15)16)13-11(14)8-9-5-4-6-9/h2-3,9-10H,4-8H2,1H3,(H,13,14)(H,15,16)/b3-2+. The zero-order valence-electron chi connectivity index (χ0n) is 9.61. The van der Waals surface area contributed by atoms with E-state index in [1.54, 1.807) is 12.2 Å². The highest BCUT2D eigenvalue weighted by Gasteiger charge is 2.23. The number of hydrogen-bond donors (Lipinski definition) is 2. The maximum absolute atomic E-state index is 11.5. The Balaban J connectivity index is 2.34. The first-order valence-electron chi connectivity index (χ1n) is 5.76. The number of aliphatic carboxylic acids is 1. The number of rotatable bonds is 6. The van der Waals surface area contributed by atoms with Gasteiger partial charge in [0.05, 0.1) is 0 Å². The second kappa shape index (κ2) is 6.30. The van der Waals surface area contributed by atoms with Crippen LogP contribution in [0.1, 0.15) is 39.0 Å².